The smallest absolute Gasteiger partial charge is 0.223 e. The van der Waals surface area contributed by atoms with Crippen molar-refractivity contribution in [3.05, 3.63) is 78.4 Å². The van der Waals surface area contributed by atoms with Crippen LogP contribution in [-0.2, 0) is 19.0 Å². The lowest BCUT2D eigenvalue weighted by Gasteiger charge is -2.47. The number of amides is 1. The molecular weight excluding hydrogens is 410 g/mol. The Kier molecular flexibility index (Phi) is 5.80. The van der Waals surface area contributed by atoms with Crippen LogP contribution in [0.5, 0.6) is 5.75 Å². The van der Waals surface area contributed by atoms with Crippen LogP contribution in [0.1, 0.15) is 18.8 Å². The summed E-state index contributed by atoms with van der Waals surface area (Å²) in [5.41, 5.74) is 0.851. The maximum atomic E-state index is 11.9. The number of aliphatic hydroxyl groups excluding tert-OH is 1. The maximum Gasteiger partial charge on any atom is 0.223 e. The summed E-state index contributed by atoms with van der Waals surface area (Å²) in [6.07, 6.45) is -3.79. The van der Waals surface area contributed by atoms with Gasteiger partial charge in [0, 0.05) is 12.5 Å². The Morgan fingerprint density at radius 2 is 1.75 bits per heavy atom. The second-order valence-corrected chi connectivity index (χ2v) is 8.06. The number of ether oxygens (including phenoxy) is 4. The first-order valence-corrected chi connectivity index (χ1v) is 10.7. The summed E-state index contributed by atoms with van der Waals surface area (Å²) in [5.74, 6) is 0.282. The fourth-order valence-electron chi connectivity index (χ4n) is 4.24. The highest BCUT2D eigenvalue weighted by atomic mass is 16.7. The Balaban J connectivity index is 1.37. The minimum absolute atomic E-state index is 0.228. The molecular formula is C25H25NO6. The van der Waals surface area contributed by atoms with Crippen LogP contribution in [-0.4, -0.2) is 48.3 Å². The predicted octanol–water partition coefficient (Wildman–Crippen LogP) is 2.92. The number of benzene rings is 3. The molecule has 0 aromatic heterocycles. The summed E-state index contributed by atoms with van der Waals surface area (Å²) < 4.78 is 24.1. The van der Waals surface area contributed by atoms with E-state index in [1.54, 1.807) is 0 Å². The standard InChI is InChI=1S/C25H25NO6/c1-15(27)26-21-22(28)23-20(14-29-24(32-23)17-8-3-2-4-9-17)31-25(21)30-19-12-11-16-7-5-6-10-18(16)13-19/h2-13,20-25,28H,14H2,1H3,(H,26,27)/t20-,21-,22-,23-,24+,25-/m1/s1. The van der Waals surface area contributed by atoms with Crippen molar-refractivity contribution in [1.82, 2.24) is 5.32 Å². The van der Waals surface area contributed by atoms with Crippen molar-refractivity contribution in [2.75, 3.05) is 6.61 Å². The maximum absolute atomic E-state index is 11.9. The zero-order valence-corrected chi connectivity index (χ0v) is 17.6. The quantitative estimate of drug-likeness (QED) is 0.656. The molecule has 166 valence electrons. The van der Waals surface area contributed by atoms with Gasteiger partial charge in [0.25, 0.3) is 0 Å². The Bertz CT molecular complexity index is 1090. The van der Waals surface area contributed by atoms with Crippen LogP contribution in [0.15, 0.2) is 72.8 Å². The van der Waals surface area contributed by atoms with Crippen molar-refractivity contribution < 1.29 is 28.8 Å². The number of carbonyl (C=O) groups is 1. The monoisotopic (exact) mass is 435 g/mol. The van der Waals surface area contributed by atoms with Gasteiger partial charge in [-0.05, 0) is 22.9 Å². The zero-order chi connectivity index (χ0) is 22.1. The van der Waals surface area contributed by atoms with Crippen molar-refractivity contribution in [2.45, 2.75) is 43.9 Å². The van der Waals surface area contributed by atoms with Crippen molar-refractivity contribution in [3.63, 3.8) is 0 Å². The van der Waals surface area contributed by atoms with Gasteiger partial charge in [0.15, 0.2) is 6.29 Å². The van der Waals surface area contributed by atoms with E-state index in [0.29, 0.717) is 5.75 Å². The fourth-order valence-corrected chi connectivity index (χ4v) is 4.24. The second-order valence-electron chi connectivity index (χ2n) is 8.06. The van der Waals surface area contributed by atoms with E-state index >= 15 is 0 Å². The van der Waals surface area contributed by atoms with E-state index in [-0.39, 0.29) is 12.5 Å². The average molecular weight is 435 g/mol. The number of nitrogens with one attached hydrogen (secondary N) is 1. The molecule has 2 aliphatic heterocycles. The molecule has 0 unspecified atom stereocenters. The van der Waals surface area contributed by atoms with Crippen LogP contribution >= 0.6 is 0 Å². The summed E-state index contributed by atoms with van der Waals surface area (Å²) in [6.45, 7) is 1.62. The van der Waals surface area contributed by atoms with Gasteiger partial charge in [-0.2, -0.15) is 0 Å². The molecule has 2 heterocycles. The van der Waals surface area contributed by atoms with Gasteiger partial charge in [-0.1, -0.05) is 60.7 Å². The molecule has 0 aliphatic carbocycles. The van der Waals surface area contributed by atoms with Gasteiger partial charge >= 0.3 is 0 Å². The molecule has 2 N–H and O–H groups in total. The van der Waals surface area contributed by atoms with Crippen LogP contribution in [0.25, 0.3) is 10.8 Å². The van der Waals surface area contributed by atoms with Gasteiger partial charge in [-0.25, -0.2) is 0 Å². The Hall–Kier alpha value is -2.97. The van der Waals surface area contributed by atoms with Gasteiger partial charge in [-0.3, -0.25) is 4.79 Å². The second kappa shape index (κ2) is 8.88. The summed E-state index contributed by atoms with van der Waals surface area (Å²) in [7, 11) is 0. The third-order valence-electron chi connectivity index (χ3n) is 5.78. The lowest BCUT2D eigenvalue weighted by atomic mass is 9.95. The molecule has 5 rings (SSSR count). The van der Waals surface area contributed by atoms with Crippen molar-refractivity contribution in [1.29, 1.82) is 0 Å². The minimum Gasteiger partial charge on any atom is -0.463 e. The van der Waals surface area contributed by atoms with Crippen LogP contribution < -0.4 is 10.1 Å². The number of carbonyl (C=O) groups excluding carboxylic acids is 1. The number of hydrogen-bond acceptors (Lipinski definition) is 6. The molecule has 3 aromatic rings. The van der Waals surface area contributed by atoms with Crippen molar-refractivity contribution >= 4 is 16.7 Å². The molecule has 0 radical (unpaired) electrons. The van der Waals surface area contributed by atoms with Crippen LogP contribution in [0.2, 0.25) is 0 Å². The normalized spacial score (nSPS) is 29.8. The molecule has 7 nitrogen and oxygen atoms in total. The van der Waals surface area contributed by atoms with Gasteiger partial charge in [0.05, 0.1) is 6.61 Å². The molecule has 32 heavy (non-hydrogen) atoms. The van der Waals surface area contributed by atoms with Crippen LogP contribution in [0.4, 0.5) is 0 Å². The van der Waals surface area contributed by atoms with Gasteiger partial charge < -0.3 is 29.4 Å². The van der Waals surface area contributed by atoms with E-state index in [2.05, 4.69) is 5.32 Å². The van der Waals surface area contributed by atoms with Crippen molar-refractivity contribution in [2.24, 2.45) is 0 Å². The molecule has 0 spiro atoms. The first kappa shape index (κ1) is 20.9. The largest absolute Gasteiger partial charge is 0.463 e. The summed E-state index contributed by atoms with van der Waals surface area (Å²) in [6, 6.07) is 22.3. The van der Waals surface area contributed by atoms with Crippen molar-refractivity contribution in [3.8, 4) is 5.75 Å². The SMILES string of the molecule is CC(=O)N[C@H]1[C@H](Oc2ccc3ccccc3c2)O[C@@H]2CO[C@H](c3ccccc3)O[C@H]2[C@@H]1O. The molecule has 2 saturated heterocycles. The van der Waals surface area contributed by atoms with Crippen LogP contribution in [0, 0.1) is 0 Å². The third kappa shape index (κ3) is 4.20. The molecule has 1 amide bonds. The Morgan fingerprint density at radius 3 is 2.53 bits per heavy atom. The molecule has 7 heteroatoms. The van der Waals surface area contributed by atoms with Gasteiger partial charge in [0.1, 0.15) is 30.1 Å². The highest BCUT2D eigenvalue weighted by Crippen LogP contribution is 2.35. The topological polar surface area (TPSA) is 86.3 Å². The average Bonchev–Trinajstić information content (AvgIpc) is 2.82. The Morgan fingerprint density at radius 1 is 1.00 bits per heavy atom. The van der Waals surface area contributed by atoms with Gasteiger partial charge in [0.2, 0.25) is 12.2 Å². The zero-order valence-electron chi connectivity index (χ0n) is 17.6. The molecule has 6 atom stereocenters. The van der Waals surface area contributed by atoms with Crippen LogP contribution in [0.3, 0.4) is 0 Å². The summed E-state index contributed by atoms with van der Waals surface area (Å²) in [5, 5.41) is 16.0. The Labute approximate surface area is 185 Å². The number of aliphatic hydroxyl groups is 1. The van der Waals surface area contributed by atoms with E-state index in [0.717, 1.165) is 16.3 Å². The van der Waals surface area contributed by atoms with E-state index < -0.39 is 36.9 Å². The number of rotatable bonds is 4. The van der Waals surface area contributed by atoms with E-state index in [1.165, 1.54) is 6.92 Å². The summed E-state index contributed by atoms with van der Waals surface area (Å²) >= 11 is 0. The van der Waals surface area contributed by atoms with E-state index in [4.69, 9.17) is 18.9 Å². The van der Waals surface area contributed by atoms with E-state index in [9.17, 15) is 9.90 Å². The lowest BCUT2D eigenvalue weighted by molar-refractivity contribution is -0.333. The fraction of sp³-hybridized carbons (Fsp3) is 0.320. The molecule has 2 aliphatic rings. The minimum atomic E-state index is -1.04. The molecule has 0 saturated carbocycles. The highest BCUT2D eigenvalue weighted by molar-refractivity contribution is 5.83. The first-order valence-electron chi connectivity index (χ1n) is 10.7. The number of fused-ring (bicyclic) bond motifs is 2. The predicted molar refractivity (Wildman–Crippen MR) is 117 cm³/mol. The highest BCUT2D eigenvalue weighted by Gasteiger charge is 2.50. The van der Waals surface area contributed by atoms with E-state index in [1.807, 2.05) is 72.8 Å². The third-order valence-corrected chi connectivity index (χ3v) is 5.78. The van der Waals surface area contributed by atoms with Gasteiger partial charge in [-0.15, -0.1) is 0 Å². The molecule has 0 bridgehead atoms. The summed E-state index contributed by atoms with van der Waals surface area (Å²) in [4.78, 5) is 11.9. The molecule has 3 aromatic carbocycles. The lowest BCUT2D eigenvalue weighted by Crippen LogP contribution is -2.67. The first-order chi connectivity index (χ1) is 15.6. The number of hydrogen-bond donors (Lipinski definition) is 2. The molecule has 2 fully saturated rings.